The summed E-state index contributed by atoms with van der Waals surface area (Å²) in [6.45, 7) is 5.98. The molecule has 4 aromatic rings. The van der Waals surface area contributed by atoms with Gasteiger partial charge in [0, 0.05) is 61.9 Å². The molecule has 1 fully saturated rings. The number of hydrogen-bond acceptors (Lipinski definition) is 6. The van der Waals surface area contributed by atoms with E-state index in [1.54, 1.807) is 42.5 Å². The number of aryl methyl sites for hydroxylation is 1. The van der Waals surface area contributed by atoms with Crippen LogP contribution in [0.1, 0.15) is 24.2 Å². The van der Waals surface area contributed by atoms with Crippen molar-refractivity contribution in [3.63, 3.8) is 0 Å². The molecule has 2 aromatic carbocycles. The fourth-order valence-electron chi connectivity index (χ4n) is 4.49. The second kappa shape index (κ2) is 7.83. The highest BCUT2D eigenvalue weighted by molar-refractivity contribution is 6.13. The van der Waals surface area contributed by atoms with E-state index in [4.69, 9.17) is 0 Å². The van der Waals surface area contributed by atoms with Crippen molar-refractivity contribution in [2.45, 2.75) is 25.9 Å². The molecular weight excluding hydrogens is 409 g/mol. The van der Waals surface area contributed by atoms with Crippen LogP contribution in [-0.4, -0.2) is 50.8 Å². The van der Waals surface area contributed by atoms with Gasteiger partial charge < -0.3 is 15.5 Å². The average molecular weight is 433 g/mol. The minimum absolute atomic E-state index is 0.269. The van der Waals surface area contributed by atoms with Crippen molar-refractivity contribution in [1.29, 1.82) is 0 Å². The summed E-state index contributed by atoms with van der Waals surface area (Å²) in [4.78, 5) is 24.4. The van der Waals surface area contributed by atoms with Gasteiger partial charge >= 0.3 is 0 Å². The molecule has 0 unspecified atom stereocenters. The van der Waals surface area contributed by atoms with Gasteiger partial charge in [-0.2, -0.15) is 5.10 Å². The number of piperazine rings is 1. The molecule has 8 nitrogen and oxygen atoms in total. The highest BCUT2D eigenvalue weighted by atomic mass is 19.1. The number of anilines is 2. The molecule has 164 valence electrons. The summed E-state index contributed by atoms with van der Waals surface area (Å²) in [7, 11) is 1.73. The van der Waals surface area contributed by atoms with Crippen molar-refractivity contribution in [1.82, 2.24) is 25.1 Å². The van der Waals surface area contributed by atoms with Crippen molar-refractivity contribution in [3.05, 3.63) is 54.2 Å². The largest absolute Gasteiger partial charge is 0.367 e. The van der Waals surface area contributed by atoms with E-state index in [0.717, 1.165) is 18.8 Å². The highest BCUT2D eigenvalue weighted by Gasteiger charge is 2.24. The van der Waals surface area contributed by atoms with Crippen LogP contribution in [0.5, 0.6) is 0 Å². The summed E-state index contributed by atoms with van der Waals surface area (Å²) in [6, 6.07) is 7.34. The summed E-state index contributed by atoms with van der Waals surface area (Å²) >= 11 is 0. The topological polar surface area (TPSA) is 88.0 Å². The Morgan fingerprint density at radius 3 is 2.56 bits per heavy atom. The molecule has 0 bridgehead atoms. The summed E-state index contributed by atoms with van der Waals surface area (Å²) in [5.41, 5.74) is 3.16. The van der Waals surface area contributed by atoms with Crippen LogP contribution in [0.2, 0.25) is 0 Å². The Morgan fingerprint density at radius 2 is 1.81 bits per heavy atom. The molecule has 3 heterocycles. The van der Waals surface area contributed by atoms with Crippen molar-refractivity contribution < 1.29 is 9.18 Å². The third-order valence-corrected chi connectivity index (χ3v) is 5.68. The Hall–Kier alpha value is -3.59. The fraction of sp³-hybridized carbons (Fsp3) is 0.304. The molecule has 1 aliphatic heterocycles. The number of halogens is 1. The summed E-state index contributed by atoms with van der Waals surface area (Å²) in [5.74, 6) is -0.855. The molecule has 0 spiro atoms. The smallest absolute Gasteiger partial charge is 0.257 e. The quantitative estimate of drug-likeness (QED) is 0.516. The van der Waals surface area contributed by atoms with E-state index in [2.05, 4.69) is 44.4 Å². The van der Waals surface area contributed by atoms with Crippen molar-refractivity contribution in [3.8, 4) is 0 Å². The van der Waals surface area contributed by atoms with Gasteiger partial charge in [-0.25, -0.2) is 4.39 Å². The van der Waals surface area contributed by atoms with Gasteiger partial charge in [0.1, 0.15) is 16.6 Å². The molecule has 1 amide bonds. The van der Waals surface area contributed by atoms with Crippen LogP contribution in [0.3, 0.4) is 0 Å². The molecule has 2 atom stereocenters. The number of amides is 1. The number of rotatable bonds is 3. The van der Waals surface area contributed by atoms with Crippen LogP contribution in [0.25, 0.3) is 21.9 Å². The fourth-order valence-corrected chi connectivity index (χ4v) is 4.49. The molecule has 9 heteroatoms. The maximum Gasteiger partial charge on any atom is 0.257 e. The van der Waals surface area contributed by atoms with Crippen molar-refractivity contribution in [2.75, 3.05) is 23.3 Å². The van der Waals surface area contributed by atoms with E-state index in [0.29, 0.717) is 39.8 Å². The monoisotopic (exact) mass is 433 g/mol. The predicted octanol–water partition coefficient (Wildman–Crippen LogP) is 3.09. The lowest BCUT2D eigenvalue weighted by atomic mass is 10.1. The molecule has 0 aliphatic carbocycles. The van der Waals surface area contributed by atoms with E-state index >= 15 is 0 Å². The lowest BCUT2D eigenvalue weighted by molar-refractivity contribution is 0.102. The Balaban J connectivity index is 1.50. The molecule has 0 saturated carbocycles. The van der Waals surface area contributed by atoms with Crippen molar-refractivity contribution >= 4 is 39.2 Å². The molecule has 2 N–H and O–H groups in total. The van der Waals surface area contributed by atoms with Gasteiger partial charge in [-0.15, -0.1) is 0 Å². The first-order valence-electron chi connectivity index (χ1n) is 10.6. The third kappa shape index (κ3) is 3.64. The molecule has 32 heavy (non-hydrogen) atoms. The van der Waals surface area contributed by atoms with Gasteiger partial charge in [0.15, 0.2) is 5.82 Å². The van der Waals surface area contributed by atoms with Crippen LogP contribution in [-0.2, 0) is 7.05 Å². The van der Waals surface area contributed by atoms with Gasteiger partial charge in [-0.1, -0.05) is 0 Å². The van der Waals surface area contributed by atoms with Gasteiger partial charge in [-0.3, -0.25) is 19.4 Å². The summed E-state index contributed by atoms with van der Waals surface area (Å²) in [6.07, 6.45) is 4.92. The first-order chi connectivity index (χ1) is 15.4. The van der Waals surface area contributed by atoms with Crippen LogP contribution in [0.4, 0.5) is 15.8 Å². The average Bonchev–Trinajstić information content (AvgIpc) is 3.13. The number of nitrogens with zero attached hydrogens (tertiary/aromatic N) is 5. The zero-order valence-corrected chi connectivity index (χ0v) is 18.1. The standard InChI is InChI=1S/C23H24FN7O/c1-13-10-31(11-14(2)27-13)19-5-4-17(21-22(19)26-7-6-25-21)23(32)28-16-8-15-12-30(3)29-20(15)18(24)9-16/h4-9,12-14,27H,10-11H2,1-3H3,(H,28,32)/t13-,14-/m0/s1. The molecule has 5 rings (SSSR count). The Labute approximate surface area is 184 Å². The number of fused-ring (bicyclic) bond motifs is 2. The van der Waals surface area contributed by atoms with Crippen molar-refractivity contribution in [2.24, 2.45) is 7.05 Å². The Morgan fingerprint density at radius 1 is 1.09 bits per heavy atom. The second-order valence-electron chi connectivity index (χ2n) is 8.41. The minimum Gasteiger partial charge on any atom is -0.367 e. The van der Waals surface area contributed by atoms with Crippen LogP contribution in [0, 0.1) is 5.82 Å². The van der Waals surface area contributed by atoms with Crippen LogP contribution < -0.4 is 15.5 Å². The highest BCUT2D eigenvalue weighted by Crippen LogP contribution is 2.29. The number of carbonyl (C=O) groups excluding carboxylic acids is 1. The van der Waals surface area contributed by atoms with Gasteiger partial charge in [0.05, 0.1) is 11.3 Å². The second-order valence-corrected chi connectivity index (χ2v) is 8.41. The predicted molar refractivity (Wildman–Crippen MR) is 122 cm³/mol. The molecular formula is C23H24FN7O. The third-order valence-electron chi connectivity index (χ3n) is 5.68. The summed E-state index contributed by atoms with van der Waals surface area (Å²) < 4.78 is 16.0. The van der Waals surface area contributed by atoms with Gasteiger partial charge in [-0.05, 0) is 38.1 Å². The number of hydrogen-bond donors (Lipinski definition) is 2. The van der Waals surface area contributed by atoms with E-state index in [9.17, 15) is 9.18 Å². The van der Waals surface area contributed by atoms with Crippen LogP contribution in [0.15, 0.2) is 42.9 Å². The molecule has 2 aromatic heterocycles. The lowest BCUT2D eigenvalue weighted by Gasteiger charge is -2.38. The van der Waals surface area contributed by atoms with E-state index in [-0.39, 0.29) is 11.4 Å². The van der Waals surface area contributed by atoms with Gasteiger partial charge in [0.25, 0.3) is 5.91 Å². The first kappa shape index (κ1) is 20.3. The lowest BCUT2D eigenvalue weighted by Crippen LogP contribution is -2.54. The van der Waals surface area contributed by atoms with Gasteiger partial charge in [0.2, 0.25) is 0 Å². The number of aromatic nitrogens is 4. The Bertz CT molecular complexity index is 1320. The van der Waals surface area contributed by atoms with Crippen LogP contribution >= 0.6 is 0 Å². The number of nitrogens with one attached hydrogen (secondary N) is 2. The first-order valence-corrected chi connectivity index (χ1v) is 10.6. The zero-order valence-electron chi connectivity index (χ0n) is 18.1. The van der Waals surface area contributed by atoms with E-state index in [1.807, 2.05) is 6.07 Å². The summed E-state index contributed by atoms with van der Waals surface area (Å²) in [5, 5.41) is 11.0. The Kier molecular flexibility index (Phi) is 4.97. The molecule has 1 aliphatic rings. The molecule has 0 radical (unpaired) electrons. The maximum absolute atomic E-state index is 14.4. The van der Waals surface area contributed by atoms with E-state index < -0.39 is 5.82 Å². The number of carbonyl (C=O) groups is 1. The normalized spacial score (nSPS) is 18.9. The van der Waals surface area contributed by atoms with E-state index in [1.165, 1.54) is 6.07 Å². The zero-order chi connectivity index (χ0) is 22.4. The number of benzene rings is 2. The SMILES string of the molecule is C[C@H]1CN(c2ccc(C(=O)Nc3cc(F)c4nn(C)cc4c3)c3nccnc23)C[C@H](C)N1. The molecule has 1 saturated heterocycles. The maximum atomic E-state index is 14.4. The minimum atomic E-state index is -0.486.